The van der Waals surface area contributed by atoms with E-state index in [2.05, 4.69) is 20.4 Å². The van der Waals surface area contributed by atoms with Crippen molar-refractivity contribution in [3.63, 3.8) is 0 Å². The number of allylic oxidation sites excluding steroid dienone is 1. The molecule has 26 heavy (non-hydrogen) atoms. The maximum atomic E-state index is 12.5. The van der Waals surface area contributed by atoms with Crippen molar-refractivity contribution in [3.8, 4) is 0 Å². The molecule has 3 rings (SSSR count). The summed E-state index contributed by atoms with van der Waals surface area (Å²) in [5.41, 5.74) is 1.35. The lowest BCUT2D eigenvalue weighted by Crippen LogP contribution is -2.32. The van der Waals surface area contributed by atoms with Crippen LogP contribution in [0.2, 0.25) is 0 Å². The SMILES string of the molecule is C=C(C)CC1CCC(C2CCC(C(=O)OC3CCC(C)CC3)CC2)CC1. The summed E-state index contributed by atoms with van der Waals surface area (Å²) in [4.78, 5) is 12.5. The molecule has 0 aromatic heterocycles. The monoisotopic (exact) mass is 360 g/mol. The van der Waals surface area contributed by atoms with Gasteiger partial charge in [0.05, 0.1) is 5.92 Å². The van der Waals surface area contributed by atoms with E-state index in [1.54, 1.807) is 0 Å². The highest BCUT2D eigenvalue weighted by Crippen LogP contribution is 2.42. The van der Waals surface area contributed by atoms with Crippen molar-refractivity contribution < 1.29 is 9.53 Å². The molecule has 0 unspecified atom stereocenters. The molecule has 2 heteroatoms. The minimum absolute atomic E-state index is 0.119. The van der Waals surface area contributed by atoms with Crippen molar-refractivity contribution in [1.29, 1.82) is 0 Å². The van der Waals surface area contributed by atoms with Crippen LogP contribution in [0.4, 0.5) is 0 Å². The first kappa shape index (κ1) is 20.0. The van der Waals surface area contributed by atoms with Gasteiger partial charge in [0.15, 0.2) is 0 Å². The zero-order valence-electron chi connectivity index (χ0n) is 17.2. The maximum Gasteiger partial charge on any atom is 0.309 e. The van der Waals surface area contributed by atoms with Crippen LogP contribution in [0.1, 0.15) is 97.3 Å². The number of carbonyl (C=O) groups is 1. The lowest BCUT2D eigenvalue weighted by molar-refractivity contribution is -0.157. The third-order valence-electron chi connectivity index (χ3n) is 7.55. The van der Waals surface area contributed by atoms with E-state index in [0.29, 0.717) is 0 Å². The summed E-state index contributed by atoms with van der Waals surface area (Å²) in [6, 6.07) is 0. The van der Waals surface area contributed by atoms with E-state index in [-0.39, 0.29) is 18.0 Å². The molecule has 0 aliphatic heterocycles. The zero-order chi connectivity index (χ0) is 18.5. The van der Waals surface area contributed by atoms with Crippen LogP contribution in [-0.2, 0) is 9.53 Å². The smallest absolute Gasteiger partial charge is 0.309 e. The second-order valence-electron chi connectivity index (χ2n) is 9.87. The van der Waals surface area contributed by atoms with Crippen molar-refractivity contribution in [2.24, 2.45) is 29.6 Å². The number of rotatable bonds is 5. The summed E-state index contributed by atoms with van der Waals surface area (Å²) >= 11 is 0. The van der Waals surface area contributed by atoms with Crippen LogP contribution in [0.5, 0.6) is 0 Å². The quantitative estimate of drug-likeness (QED) is 0.403. The number of hydrogen-bond donors (Lipinski definition) is 0. The summed E-state index contributed by atoms with van der Waals surface area (Å²) in [5, 5.41) is 0. The van der Waals surface area contributed by atoms with Gasteiger partial charge in [-0.25, -0.2) is 0 Å². The second kappa shape index (κ2) is 9.42. The molecule has 0 heterocycles. The maximum absolute atomic E-state index is 12.5. The number of carbonyl (C=O) groups excluding carboxylic acids is 1. The molecule has 0 bridgehead atoms. The molecule has 0 N–H and O–H groups in total. The molecule has 2 nitrogen and oxygen atoms in total. The van der Waals surface area contributed by atoms with Crippen LogP contribution in [-0.4, -0.2) is 12.1 Å². The Labute approximate surface area is 161 Å². The predicted molar refractivity (Wildman–Crippen MR) is 108 cm³/mol. The first-order chi connectivity index (χ1) is 12.5. The zero-order valence-corrected chi connectivity index (χ0v) is 17.2. The van der Waals surface area contributed by atoms with E-state index in [0.717, 1.165) is 49.4 Å². The van der Waals surface area contributed by atoms with Gasteiger partial charge in [-0.05, 0) is 114 Å². The van der Waals surface area contributed by atoms with Crippen molar-refractivity contribution in [2.45, 2.75) is 103 Å². The molecule has 0 saturated heterocycles. The number of ether oxygens (including phenoxy) is 1. The molecule has 148 valence electrons. The molecule has 3 saturated carbocycles. The third kappa shape index (κ3) is 5.60. The van der Waals surface area contributed by atoms with Gasteiger partial charge in [-0.3, -0.25) is 4.79 Å². The molecule has 0 amide bonds. The van der Waals surface area contributed by atoms with E-state index in [9.17, 15) is 4.79 Å². The molecule has 0 atom stereocenters. The molecule has 0 spiro atoms. The Morgan fingerprint density at radius 3 is 1.92 bits per heavy atom. The Bertz CT molecular complexity index is 459. The van der Waals surface area contributed by atoms with E-state index in [1.165, 1.54) is 63.4 Å². The van der Waals surface area contributed by atoms with Gasteiger partial charge in [-0.1, -0.05) is 12.5 Å². The van der Waals surface area contributed by atoms with Crippen LogP contribution in [0.3, 0.4) is 0 Å². The van der Waals surface area contributed by atoms with Gasteiger partial charge in [0, 0.05) is 0 Å². The minimum Gasteiger partial charge on any atom is -0.462 e. The van der Waals surface area contributed by atoms with E-state index in [4.69, 9.17) is 4.74 Å². The highest BCUT2D eigenvalue weighted by molar-refractivity contribution is 5.72. The molecule has 3 fully saturated rings. The summed E-state index contributed by atoms with van der Waals surface area (Å²) in [5.74, 6) is 3.77. The minimum atomic E-state index is 0.119. The topological polar surface area (TPSA) is 26.3 Å². The highest BCUT2D eigenvalue weighted by atomic mass is 16.5. The van der Waals surface area contributed by atoms with Crippen LogP contribution >= 0.6 is 0 Å². The Morgan fingerprint density at radius 2 is 1.38 bits per heavy atom. The fourth-order valence-corrected chi connectivity index (χ4v) is 5.79. The molecule has 3 aliphatic carbocycles. The van der Waals surface area contributed by atoms with Crippen LogP contribution in [0.15, 0.2) is 12.2 Å². The van der Waals surface area contributed by atoms with Gasteiger partial charge < -0.3 is 4.74 Å². The van der Waals surface area contributed by atoms with Gasteiger partial charge in [0.2, 0.25) is 0 Å². The third-order valence-corrected chi connectivity index (χ3v) is 7.55. The van der Waals surface area contributed by atoms with E-state index in [1.807, 2.05) is 0 Å². The Hall–Kier alpha value is -0.790. The average Bonchev–Trinajstić information content (AvgIpc) is 2.64. The lowest BCUT2D eigenvalue weighted by atomic mass is 9.68. The molecular formula is C24H40O2. The van der Waals surface area contributed by atoms with Gasteiger partial charge in [0.25, 0.3) is 0 Å². The van der Waals surface area contributed by atoms with E-state index < -0.39 is 0 Å². The summed E-state index contributed by atoms with van der Waals surface area (Å²) in [7, 11) is 0. The van der Waals surface area contributed by atoms with Crippen molar-refractivity contribution in [2.75, 3.05) is 0 Å². The number of hydrogen-bond acceptors (Lipinski definition) is 2. The lowest BCUT2D eigenvalue weighted by Gasteiger charge is -2.37. The van der Waals surface area contributed by atoms with Crippen LogP contribution in [0, 0.1) is 29.6 Å². The van der Waals surface area contributed by atoms with Crippen LogP contribution < -0.4 is 0 Å². The molecule has 0 aromatic carbocycles. The van der Waals surface area contributed by atoms with Gasteiger partial charge in [0.1, 0.15) is 6.10 Å². The highest BCUT2D eigenvalue weighted by Gasteiger charge is 2.34. The first-order valence-electron chi connectivity index (χ1n) is 11.4. The summed E-state index contributed by atoms with van der Waals surface area (Å²) in [6.45, 7) is 8.56. The van der Waals surface area contributed by atoms with Crippen molar-refractivity contribution in [1.82, 2.24) is 0 Å². The average molecular weight is 361 g/mol. The predicted octanol–water partition coefficient (Wildman–Crippen LogP) is 6.69. The van der Waals surface area contributed by atoms with E-state index >= 15 is 0 Å². The Balaban J connectivity index is 1.36. The first-order valence-corrected chi connectivity index (χ1v) is 11.4. The van der Waals surface area contributed by atoms with Crippen molar-refractivity contribution in [3.05, 3.63) is 12.2 Å². The Morgan fingerprint density at radius 1 is 0.846 bits per heavy atom. The Kier molecular flexibility index (Phi) is 7.23. The molecule has 0 aromatic rings. The molecule has 0 radical (unpaired) electrons. The van der Waals surface area contributed by atoms with Crippen molar-refractivity contribution >= 4 is 5.97 Å². The summed E-state index contributed by atoms with van der Waals surface area (Å²) < 4.78 is 5.86. The largest absolute Gasteiger partial charge is 0.462 e. The fraction of sp³-hybridized carbons (Fsp3) is 0.875. The molecule has 3 aliphatic rings. The van der Waals surface area contributed by atoms with Gasteiger partial charge in [-0.2, -0.15) is 0 Å². The number of esters is 1. The van der Waals surface area contributed by atoms with Gasteiger partial charge in [-0.15, -0.1) is 6.58 Å². The second-order valence-corrected chi connectivity index (χ2v) is 9.87. The molecular weight excluding hydrogens is 320 g/mol. The fourth-order valence-electron chi connectivity index (χ4n) is 5.79. The van der Waals surface area contributed by atoms with Gasteiger partial charge >= 0.3 is 5.97 Å². The summed E-state index contributed by atoms with van der Waals surface area (Å²) in [6.07, 6.45) is 16.2. The normalized spacial score (nSPS) is 38.5. The standard InChI is InChI=1S/C24H40O2/c1-17(2)16-19-6-8-20(9-7-19)21-10-12-22(13-11-21)24(25)26-23-14-4-18(3)5-15-23/h18-23H,1,4-16H2,2-3H3. The van der Waals surface area contributed by atoms with Crippen LogP contribution in [0.25, 0.3) is 0 Å².